The third kappa shape index (κ3) is 3.04. The van der Waals surface area contributed by atoms with Gasteiger partial charge in [-0.3, -0.25) is 0 Å². The molecule has 2 aliphatic rings. The van der Waals surface area contributed by atoms with E-state index in [2.05, 4.69) is 20.2 Å². The molecule has 0 radical (unpaired) electrons. The van der Waals surface area contributed by atoms with Gasteiger partial charge in [0.25, 0.3) is 0 Å². The van der Waals surface area contributed by atoms with Crippen molar-refractivity contribution in [2.45, 2.75) is 30.6 Å². The molecule has 1 aromatic carbocycles. The summed E-state index contributed by atoms with van der Waals surface area (Å²) < 4.78 is 29.2. The average molecular weight is 398 g/mol. The zero-order valence-electron chi connectivity index (χ0n) is 15.7. The second kappa shape index (κ2) is 6.52. The average Bonchev–Trinajstić information content (AvgIpc) is 3.47. The SMILES string of the molecule is Cc1cccc(S(=O)(=O)N2CCN(c3cnn4c(C5CC5)nnc4c3)CC2)c1. The fourth-order valence-corrected chi connectivity index (χ4v) is 5.21. The number of piperazine rings is 1. The molecule has 1 aliphatic carbocycles. The van der Waals surface area contributed by atoms with Gasteiger partial charge in [-0.1, -0.05) is 12.1 Å². The van der Waals surface area contributed by atoms with E-state index in [0.717, 1.165) is 35.6 Å². The van der Waals surface area contributed by atoms with Crippen molar-refractivity contribution in [1.29, 1.82) is 0 Å². The minimum Gasteiger partial charge on any atom is -0.367 e. The molecule has 9 heteroatoms. The minimum atomic E-state index is -3.46. The number of fused-ring (bicyclic) bond motifs is 1. The monoisotopic (exact) mass is 398 g/mol. The highest BCUT2D eigenvalue weighted by Gasteiger charge is 2.31. The first-order chi connectivity index (χ1) is 13.5. The fourth-order valence-electron chi connectivity index (χ4n) is 3.68. The van der Waals surface area contributed by atoms with E-state index in [1.165, 1.54) is 0 Å². The topological polar surface area (TPSA) is 83.7 Å². The number of hydrogen-bond acceptors (Lipinski definition) is 6. The molecular formula is C19H22N6O2S. The molecule has 2 aromatic heterocycles. The molecule has 5 rings (SSSR count). The Morgan fingerprint density at radius 3 is 2.54 bits per heavy atom. The van der Waals surface area contributed by atoms with E-state index in [1.54, 1.807) is 22.5 Å². The minimum absolute atomic E-state index is 0.361. The molecule has 3 aromatic rings. The van der Waals surface area contributed by atoms with Gasteiger partial charge in [-0.15, -0.1) is 10.2 Å². The summed E-state index contributed by atoms with van der Waals surface area (Å²) in [4.78, 5) is 2.51. The molecule has 0 amide bonds. The van der Waals surface area contributed by atoms with Crippen molar-refractivity contribution < 1.29 is 8.42 Å². The zero-order chi connectivity index (χ0) is 19.3. The van der Waals surface area contributed by atoms with Gasteiger partial charge in [-0.2, -0.15) is 13.9 Å². The molecular weight excluding hydrogens is 376 g/mol. The predicted molar refractivity (Wildman–Crippen MR) is 105 cm³/mol. The summed E-state index contributed by atoms with van der Waals surface area (Å²) in [6.07, 6.45) is 4.14. The van der Waals surface area contributed by atoms with Crippen LogP contribution < -0.4 is 4.90 Å². The van der Waals surface area contributed by atoms with Crippen LogP contribution in [0.1, 0.15) is 30.1 Å². The van der Waals surface area contributed by atoms with Crippen molar-refractivity contribution >= 4 is 21.4 Å². The molecule has 1 aliphatic heterocycles. The van der Waals surface area contributed by atoms with Gasteiger partial charge in [0, 0.05) is 38.2 Å². The maximum atomic E-state index is 12.9. The van der Waals surface area contributed by atoms with E-state index < -0.39 is 10.0 Å². The Kier molecular flexibility index (Phi) is 4.09. The first-order valence-corrected chi connectivity index (χ1v) is 11.0. The summed E-state index contributed by atoms with van der Waals surface area (Å²) in [5.74, 6) is 1.43. The van der Waals surface area contributed by atoms with Crippen LogP contribution in [-0.4, -0.2) is 58.7 Å². The van der Waals surface area contributed by atoms with Crippen molar-refractivity contribution in [2.24, 2.45) is 0 Å². The van der Waals surface area contributed by atoms with Gasteiger partial charge in [0.15, 0.2) is 11.5 Å². The highest BCUT2D eigenvalue weighted by Crippen LogP contribution is 2.38. The van der Waals surface area contributed by atoms with Crippen molar-refractivity contribution in [1.82, 2.24) is 24.1 Å². The van der Waals surface area contributed by atoms with Gasteiger partial charge in [-0.25, -0.2) is 8.42 Å². The van der Waals surface area contributed by atoms with E-state index in [0.29, 0.717) is 37.0 Å². The third-order valence-electron chi connectivity index (χ3n) is 5.44. The number of aryl methyl sites for hydroxylation is 1. The van der Waals surface area contributed by atoms with Crippen LogP contribution in [0.2, 0.25) is 0 Å². The molecule has 1 saturated heterocycles. The third-order valence-corrected chi connectivity index (χ3v) is 7.34. The maximum absolute atomic E-state index is 12.9. The van der Waals surface area contributed by atoms with Gasteiger partial charge >= 0.3 is 0 Å². The summed E-state index contributed by atoms with van der Waals surface area (Å²) in [6.45, 7) is 4.03. The van der Waals surface area contributed by atoms with Crippen LogP contribution in [0.15, 0.2) is 41.4 Å². The highest BCUT2D eigenvalue weighted by atomic mass is 32.2. The number of nitrogens with zero attached hydrogens (tertiary/aromatic N) is 6. The lowest BCUT2D eigenvalue weighted by atomic mass is 10.2. The Balaban J connectivity index is 1.32. The molecule has 146 valence electrons. The Morgan fingerprint density at radius 2 is 1.82 bits per heavy atom. The molecule has 0 bridgehead atoms. The number of rotatable bonds is 4. The van der Waals surface area contributed by atoms with Gasteiger partial charge in [0.1, 0.15) is 0 Å². The highest BCUT2D eigenvalue weighted by molar-refractivity contribution is 7.89. The lowest BCUT2D eigenvalue weighted by Crippen LogP contribution is -2.48. The van der Waals surface area contributed by atoms with Crippen LogP contribution in [0.5, 0.6) is 0 Å². The molecule has 3 heterocycles. The maximum Gasteiger partial charge on any atom is 0.243 e. The first-order valence-electron chi connectivity index (χ1n) is 9.55. The van der Waals surface area contributed by atoms with Crippen LogP contribution in [0.4, 0.5) is 5.69 Å². The Morgan fingerprint density at radius 1 is 1.04 bits per heavy atom. The van der Waals surface area contributed by atoms with E-state index in [9.17, 15) is 8.42 Å². The fraction of sp³-hybridized carbons (Fsp3) is 0.421. The molecule has 8 nitrogen and oxygen atoms in total. The largest absolute Gasteiger partial charge is 0.367 e. The number of benzene rings is 1. The molecule has 28 heavy (non-hydrogen) atoms. The van der Waals surface area contributed by atoms with Crippen LogP contribution in [0.25, 0.3) is 5.65 Å². The number of sulfonamides is 1. The lowest BCUT2D eigenvalue weighted by molar-refractivity contribution is 0.384. The second-order valence-corrected chi connectivity index (χ2v) is 9.46. The molecule has 0 spiro atoms. The number of anilines is 1. The van der Waals surface area contributed by atoms with Crippen LogP contribution >= 0.6 is 0 Å². The molecule has 1 saturated carbocycles. The Bertz CT molecular complexity index is 1130. The van der Waals surface area contributed by atoms with Crippen molar-refractivity contribution in [3.05, 3.63) is 47.9 Å². The Hall–Kier alpha value is -2.52. The first kappa shape index (κ1) is 17.6. The second-order valence-electron chi connectivity index (χ2n) is 7.52. The summed E-state index contributed by atoms with van der Waals surface area (Å²) in [5, 5.41) is 13.0. The molecule has 0 N–H and O–H groups in total. The zero-order valence-corrected chi connectivity index (χ0v) is 16.5. The van der Waals surface area contributed by atoms with Crippen LogP contribution in [0.3, 0.4) is 0 Å². The predicted octanol–water partition coefficient (Wildman–Crippen LogP) is 1.82. The van der Waals surface area contributed by atoms with Crippen molar-refractivity contribution in [2.75, 3.05) is 31.1 Å². The number of hydrogen-bond donors (Lipinski definition) is 0. The van der Waals surface area contributed by atoms with Gasteiger partial charge in [0.2, 0.25) is 10.0 Å². The van der Waals surface area contributed by atoms with Gasteiger partial charge < -0.3 is 4.90 Å². The smallest absolute Gasteiger partial charge is 0.243 e. The lowest BCUT2D eigenvalue weighted by Gasteiger charge is -2.35. The van der Waals surface area contributed by atoms with E-state index in [4.69, 9.17) is 0 Å². The quantitative estimate of drug-likeness (QED) is 0.667. The van der Waals surface area contributed by atoms with Crippen molar-refractivity contribution in [3.8, 4) is 0 Å². The summed E-state index contributed by atoms with van der Waals surface area (Å²) in [5.41, 5.74) is 2.64. The summed E-state index contributed by atoms with van der Waals surface area (Å²) >= 11 is 0. The van der Waals surface area contributed by atoms with E-state index >= 15 is 0 Å². The van der Waals surface area contributed by atoms with Crippen molar-refractivity contribution in [3.63, 3.8) is 0 Å². The van der Waals surface area contributed by atoms with Crippen LogP contribution in [0, 0.1) is 6.92 Å². The van der Waals surface area contributed by atoms with E-state index in [-0.39, 0.29) is 0 Å². The molecule has 0 atom stereocenters. The molecule has 2 fully saturated rings. The van der Waals surface area contributed by atoms with Gasteiger partial charge in [-0.05, 0) is 37.5 Å². The summed E-state index contributed by atoms with van der Waals surface area (Å²) in [6, 6.07) is 9.06. The molecule has 0 unspecified atom stereocenters. The summed E-state index contributed by atoms with van der Waals surface area (Å²) in [7, 11) is -3.46. The Labute approximate surface area is 163 Å². The van der Waals surface area contributed by atoms with Gasteiger partial charge in [0.05, 0.1) is 16.8 Å². The standard InChI is InChI=1S/C19H22N6O2S/c1-14-3-2-4-17(11-14)28(26,27)24-9-7-23(8-10-24)16-12-18-21-22-19(15-5-6-15)25(18)20-13-16/h2-4,11-13,15H,5-10H2,1H3. The number of aromatic nitrogens is 4. The normalized spacial score (nSPS) is 18.7. The van der Waals surface area contributed by atoms with E-state index in [1.807, 2.05) is 29.8 Å². The van der Waals surface area contributed by atoms with Crippen LogP contribution in [-0.2, 0) is 10.0 Å².